The average Bonchev–Trinajstić information content (AvgIpc) is 2.72. The van der Waals surface area contributed by atoms with E-state index in [1.165, 1.54) is 12.3 Å². The second-order valence-corrected chi connectivity index (χ2v) is 6.62. The maximum absolute atomic E-state index is 14.8. The number of aromatic carboxylic acids is 1. The minimum Gasteiger partial charge on any atom is -0.477 e. The molecule has 0 unspecified atom stereocenters. The van der Waals surface area contributed by atoms with E-state index in [0.29, 0.717) is 43.9 Å². The number of amides is 1. The summed E-state index contributed by atoms with van der Waals surface area (Å²) < 4.78 is 21.5. The van der Waals surface area contributed by atoms with Crippen LogP contribution in [0.15, 0.2) is 35.8 Å². The first-order valence-corrected chi connectivity index (χ1v) is 9.24. The van der Waals surface area contributed by atoms with Gasteiger partial charge in [-0.15, -0.1) is 0 Å². The van der Waals surface area contributed by atoms with Crippen LogP contribution in [0.25, 0.3) is 10.9 Å². The summed E-state index contributed by atoms with van der Waals surface area (Å²) in [5, 5.41) is 9.26. The third kappa shape index (κ3) is 4.69. The molecule has 1 fully saturated rings. The number of benzene rings is 1. The van der Waals surface area contributed by atoms with Crippen LogP contribution in [0.1, 0.15) is 17.3 Å². The van der Waals surface area contributed by atoms with Gasteiger partial charge in [0.05, 0.1) is 11.2 Å². The number of fused-ring (bicyclic) bond motifs is 1. The molecule has 0 aliphatic carbocycles. The van der Waals surface area contributed by atoms with Gasteiger partial charge in [0.2, 0.25) is 5.43 Å². The zero-order valence-electron chi connectivity index (χ0n) is 17.1. The number of ether oxygens (including phenoxy) is 1. The van der Waals surface area contributed by atoms with Crippen molar-refractivity contribution in [3.63, 3.8) is 0 Å². The molecule has 1 amide bonds. The maximum Gasteiger partial charge on any atom is 0.410 e. The molecule has 1 aliphatic heterocycles. The molecule has 1 saturated heterocycles. The second kappa shape index (κ2) is 10.1. The summed E-state index contributed by atoms with van der Waals surface area (Å²) in [5.41, 5.74) is -0.330. The second-order valence-electron chi connectivity index (χ2n) is 6.62. The number of carbonyl (C=O) groups is 2. The Morgan fingerprint density at radius 3 is 2.50 bits per heavy atom. The van der Waals surface area contributed by atoms with E-state index in [1.807, 2.05) is 6.92 Å². The van der Waals surface area contributed by atoms with E-state index < -0.39 is 28.9 Å². The molecule has 1 radical (unpaired) electrons. The number of halogens is 1. The van der Waals surface area contributed by atoms with E-state index in [2.05, 4.69) is 6.58 Å². The summed E-state index contributed by atoms with van der Waals surface area (Å²) >= 11 is 0. The van der Waals surface area contributed by atoms with Gasteiger partial charge < -0.3 is 24.2 Å². The smallest absolute Gasteiger partial charge is 0.410 e. The van der Waals surface area contributed by atoms with E-state index >= 15 is 0 Å². The fraction of sp³-hybridized carbons (Fsp3) is 0.350. The quantitative estimate of drug-likeness (QED) is 0.580. The van der Waals surface area contributed by atoms with E-state index in [0.717, 1.165) is 6.07 Å². The molecule has 8 nitrogen and oxygen atoms in total. The minimum atomic E-state index is -1.34. The number of anilines is 1. The monoisotopic (exact) mass is 426 g/mol. The average molecular weight is 426 g/mol. The van der Waals surface area contributed by atoms with Crippen molar-refractivity contribution in [2.45, 2.75) is 13.5 Å². The molecule has 30 heavy (non-hydrogen) atoms. The van der Waals surface area contributed by atoms with Crippen LogP contribution >= 0.6 is 0 Å². The fourth-order valence-corrected chi connectivity index (χ4v) is 3.41. The molecule has 10 heteroatoms. The van der Waals surface area contributed by atoms with Crippen LogP contribution in [0.2, 0.25) is 0 Å². The van der Waals surface area contributed by atoms with Crippen molar-refractivity contribution in [1.82, 2.24) is 9.47 Å². The number of carboxylic acid groups (broad SMARTS) is 1. The summed E-state index contributed by atoms with van der Waals surface area (Å²) in [6, 6.07) is 2.66. The first kappa shape index (κ1) is 23.9. The number of pyridine rings is 1. The molecular weight excluding hydrogens is 404 g/mol. The predicted octanol–water partition coefficient (Wildman–Crippen LogP) is 1.92. The largest absolute Gasteiger partial charge is 0.477 e. The van der Waals surface area contributed by atoms with Gasteiger partial charge in [0.15, 0.2) is 0 Å². The number of carboxylic acids is 1. The van der Waals surface area contributed by atoms with Gasteiger partial charge in [-0.25, -0.2) is 14.0 Å². The van der Waals surface area contributed by atoms with E-state index in [9.17, 15) is 23.9 Å². The third-order valence-corrected chi connectivity index (χ3v) is 4.92. The molecule has 2 heterocycles. The molecule has 155 valence electrons. The Labute approximate surface area is 194 Å². The van der Waals surface area contributed by atoms with Crippen molar-refractivity contribution in [2.24, 2.45) is 0 Å². The summed E-state index contributed by atoms with van der Waals surface area (Å²) in [4.78, 5) is 39.0. The van der Waals surface area contributed by atoms with E-state index in [4.69, 9.17) is 4.74 Å². The van der Waals surface area contributed by atoms with Gasteiger partial charge in [-0.05, 0) is 19.1 Å². The first-order chi connectivity index (χ1) is 13.9. The van der Waals surface area contributed by atoms with Crippen molar-refractivity contribution in [1.29, 1.82) is 0 Å². The van der Waals surface area contributed by atoms with Gasteiger partial charge in [-0.1, -0.05) is 12.7 Å². The van der Waals surface area contributed by atoms with Crippen LogP contribution in [0, 0.1) is 5.82 Å². The van der Waals surface area contributed by atoms with Gasteiger partial charge in [0, 0.05) is 73.9 Å². The number of nitrogens with zero attached hydrogens (tertiary/aromatic N) is 3. The van der Waals surface area contributed by atoms with Crippen LogP contribution in [-0.4, -0.2) is 89.0 Å². The van der Waals surface area contributed by atoms with Crippen molar-refractivity contribution in [2.75, 3.05) is 37.7 Å². The summed E-state index contributed by atoms with van der Waals surface area (Å²) in [6.07, 6.45) is 2.33. The zero-order valence-corrected chi connectivity index (χ0v) is 19.1. The number of piperazine rings is 1. The van der Waals surface area contributed by atoms with Crippen molar-refractivity contribution < 1.29 is 23.8 Å². The number of hydrogen-bond donors (Lipinski definition) is 1. The number of aromatic nitrogens is 1. The predicted molar refractivity (Wildman–Crippen MR) is 112 cm³/mol. The first-order valence-electron chi connectivity index (χ1n) is 9.24. The summed E-state index contributed by atoms with van der Waals surface area (Å²) in [5.74, 6) is -1.95. The summed E-state index contributed by atoms with van der Waals surface area (Å²) in [6.45, 7) is 7.39. The van der Waals surface area contributed by atoms with Crippen LogP contribution in [0.4, 0.5) is 14.9 Å². The standard InChI is InChI=1S/C20H22FN3O5.Na/c1-3-9-29-20(28)24-7-5-23(6-8-24)17-11-16-13(10-15(17)21)18(25)14(19(26)27)12-22(16)4-2;/h3,10-12H,1,4-9H2,2H3,(H,26,27);. The van der Waals surface area contributed by atoms with Gasteiger partial charge in [-0.3, -0.25) is 4.79 Å². The summed E-state index contributed by atoms with van der Waals surface area (Å²) in [7, 11) is 0. The maximum atomic E-state index is 14.8. The number of carbonyl (C=O) groups excluding carboxylic acids is 1. The molecule has 0 saturated carbocycles. The van der Waals surface area contributed by atoms with Gasteiger partial charge >= 0.3 is 12.1 Å². The van der Waals surface area contributed by atoms with Crippen molar-refractivity contribution >= 4 is 58.2 Å². The number of rotatable bonds is 5. The molecular formula is C20H22FN3NaO5. The Bertz CT molecular complexity index is 1030. The van der Waals surface area contributed by atoms with Crippen molar-refractivity contribution in [3.8, 4) is 0 Å². The minimum absolute atomic E-state index is 0. The molecule has 0 atom stereocenters. The van der Waals surface area contributed by atoms with Crippen LogP contribution < -0.4 is 10.3 Å². The zero-order chi connectivity index (χ0) is 21.1. The topological polar surface area (TPSA) is 92.1 Å². The molecule has 3 rings (SSSR count). The Hall–Kier alpha value is -2.36. The third-order valence-electron chi connectivity index (χ3n) is 4.92. The normalized spacial score (nSPS) is 13.7. The molecule has 0 bridgehead atoms. The fourth-order valence-electron chi connectivity index (χ4n) is 3.41. The molecule has 1 aromatic heterocycles. The Balaban J connectivity index is 0.00000320. The number of aryl methyl sites for hydroxylation is 1. The Morgan fingerprint density at radius 1 is 1.27 bits per heavy atom. The molecule has 1 aliphatic rings. The Kier molecular flexibility index (Phi) is 8.05. The van der Waals surface area contributed by atoms with Crippen LogP contribution in [0.3, 0.4) is 0 Å². The van der Waals surface area contributed by atoms with Gasteiger partial charge in [-0.2, -0.15) is 0 Å². The van der Waals surface area contributed by atoms with E-state index in [-0.39, 0.29) is 41.6 Å². The van der Waals surface area contributed by atoms with Crippen molar-refractivity contribution in [3.05, 3.63) is 52.6 Å². The Morgan fingerprint density at radius 2 is 1.93 bits per heavy atom. The molecule has 1 N–H and O–H groups in total. The molecule has 0 spiro atoms. The van der Waals surface area contributed by atoms with Gasteiger partial charge in [0.25, 0.3) is 0 Å². The van der Waals surface area contributed by atoms with Crippen LogP contribution in [0.5, 0.6) is 0 Å². The van der Waals surface area contributed by atoms with Gasteiger partial charge in [0.1, 0.15) is 18.0 Å². The SMILES string of the molecule is C=CCOC(=O)N1CCN(c2cc3c(cc2F)c(=O)c(C(=O)O)cn3CC)CC1.[Na]. The molecule has 1 aromatic carbocycles. The van der Waals surface area contributed by atoms with E-state index in [1.54, 1.807) is 20.4 Å². The molecule has 2 aromatic rings. The number of hydrogen-bond acceptors (Lipinski definition) is 5. The van der Waals surface area contributed by atoms with Crippen LogP contribution in [-0.2, 0) is 11.3 Å².